The van der Waals surface area contributed by atoms with Crippen LogP contribution in [0.15, 0.2) is 60.0 Å². The highest BCUT2D eigenvalue weighted by molar-refractivity contribution is 7.13. The number of nitrogens with zero attached hydrogens (tertiary/aromatic N) is 2. The van der Waals surface area contributed by atoms with E-state index in [9.17, 15) is 14.4 Å². The van der Waals surface area contributed by atoms with Crippen LogP contribution in [-0.4, -0.2) is 40.8 Å². The first-order valence-corrected chi connectivity index (χ1v) is 9.16. The average molecular weight is 378 g/mol. The second kappa shape index (κ2) is 7.13. The molecule has 4 rings (SSSR count). The second-order valence-electron chi connectivity index (χ2n) is 5.85. The summed E-state index contributed by atoms with van der Waals surface area (Å²) in [5.41, 5.74) is 1.88. The van der Waals surface area contributed by atoms with E-state index in [1.807, 2.05) is 30.3 Å². The molecule has 3 aromatic rings. The third-order valence-electron chi connectivity index (χ3n) is 4.16. The lowest BCUT2D eigenvalue weighted by atomic mass is 10.1. The van der Waals surface area contributed by atoms with Gasteiger partial charge in [-0.3, -0.25) is 14.5 Å². The van der Waals surface area contributed by atoms with E-state index >= 15 is 0 Å². The Bertz CT molecular complexity index is 994. The Kier molecular flexibility index (Phi) is 4.52. The number of amides is 2. The number of fused-ring (bicyclic) bond motifs is 1. The first kappa shape index (κ1) is 17.1. The summed E-state index contributed by atoms with van der Waals surface area (Å²) in [4.78, 5) is 42.1. The van der Waals surface area contributed by atoms with Crippen LogP contribution >= 0.6 is 11.3 Å². The van der Waals surface area contributed by atoms with Crippen LogP contribution < -0.4 is 0 Å². The minimum atomic E-state index is -0.579. The summed E-state index contributed by atoms with van der Waals surface area (Å²) in [7, 11) is 0. The van der Waals surface area contributed by atoms with E-state index in [-0.39, 0.29) is 30.7 Å². The van der Waals surface area contributed by atoms with Gasteiger partial charge in [-0.1, -0.05) is 42.5 Å². The number of esters is 1. The van der Waals surface area contributed by atoms with Gasteiger partial charge >= 0.3 is 5.97 Å². The molecular formula is C20H14N2O4S. The molecule has 6 nitrogen and oxygen atoms in total. The van der Waals surface area contributed by atoms with Gasteiger partial charge in [0.2, 0.25) is 0 Å². The largest absolute Gasteiger partial charge is 0.459 e. The number of aromatic nitrogens is 1. The number of hydrogen-bond donors (Lipinski definition) is 0. The molecule has 1 aliphatic rings. The lowest BCUT2D eigenvalue weighted by molar-refractivity contribution is 0.0416. The number of carbonyl (C=O) groups is 3. The molecule has 2 amide bonds. The standard InChI is InChI=1S/C20H14N2O4S/c23-18-14-8-4-5-9-15(14)19(24)22(18)10-11-26-20(25)16-12-27-17(21-16)13-6-2-1-3-7-13/h1-9,12H,10-11H2. The molecule has 1 aliphatic heterocycles. The maximum Gasteiger partial charge on any atom is 0.357 e. The van der Waals surface area contributed by atoms with Crippen LogP contribution in [-0.2, 0) is 4.74 Å². The SMILES string of the molecule is O=C(OCCN1C(=O)c2ccccc2C1=O)c1csc(-c2ccccc2)n1. The van der Waals surface area contributed by atoms with E-state index in [2.05, 4.69) is 4.98 Å². The van der Waals surface area contributed by atoms with Crippen molar-refractivity contribution < 1.29 is 19.1 Å². The highest BCUT2D eigenvalue weighted by Gasteiger charge is 2.34. The summed E-state index contributed by atoms with van der Waals surface area (Å²) < 4.78 is 5.19. The maximum atomic E-state index is 12.3. The Hall–Kier alpha value is -3.32. The van der Waals surface area contributed by atoms with E-state index in [1.165, 1.54) is 11.3 Å². The molecule has 27 heavy (non-hydrogen) atoms. The van der Waals surface area contributed by atoms with Gasteiger partial charge in [-0.2, -0.15) is 0 Å². The van der Waals surface area contributed by atoms with Crippen LogP contribution in [0.25, 0.3) is 10.6 Å². The summed E-state index contributed by atoms with van der Waals surface area (Å²) in [6.07, 6.45) is 0. The van der Waals surface area contributed by atoms with Crippen molar-refractivity contribution >= 4 is 29.1 Å². The van der Waals surface area contributed by atoms with Crippen molar-refractivity contribution in [1.82, 2.24) is 9.88 Å². The first-order chi connectivity index (χ1) is 13.1. The van der Waals surface area contributed by atoms with Gasteiger partial charge in [0, 0.05) is 10.9 Å². The van der Waals surface area contributed by atoms with E-state index in [1.54, 1.807) is 29.6 Å². The van der Waals surface area contributed by atoms with Crippen molar-refractivity contribution in [3.05, 3.63) is 76.8 Å². The molecule has 0 saturated heterocycles. The summed E-state index contributed by atoms with van der Waals surface area (Å²) in [6.45, 7) is -0.0731. The van der Waals surface area contributed by atoms with Crippen LogP contribution in [0.1, 0.15) is 31.2 Å². The molecular weight excluding hydrogens is 364 g/mol. The Morgan fingerprint density at radius 2 is 1.59 bits per heavy atom. The second-order valence-corrected chi connectivity index (χ2v) is 6.71. The summed E-state index contributed by atoms with van der Waals surface area (Å²) in [5, 5.41) is 2.36. The zero-order chi connectivity index (χ0) is 18.8. The Morgan fingerprint density at radius 1 is 0.963 bits per heavy atom. The third-order valence-corrected chi connectivity index (χ3v) is 5.05. The van der Waals surface area contributed by atoms with Gasteiger partial charge in [-0.25, -0.2) is 9.78 Å². The molecule has 2 aromatic carbocycles. The minimum Gasteiger partial charge on any atom is -0.459 e. The Labute approximate surface area is 159 Å². The van der Waals surface area contributed by atoms with Crippen LogP contribution in [0.5, 0.6) is 0 Å². The highest BCUT2D eigenvalue weighted by atomic mass is 32.1. The van der Waals surface area contributed by atoms with Crippen molar-refractivity contribution in [3.63, 3.8) is 0 Å². The van der Waals surface area contributed by atoms with E-state index in [0.717, 1.165) is 15.5 Å². The van der Waals surface area contributed by atoms with Gasteiger partial charge in [0.25, 0.3) is 11.8 Å². The molecule has 0 unspecified atom stereocenters. The predicted octanol–water partition coefficient (Wildman–Crippen LogP) is 3.26. The zero-order valence-electron chi connectivity index (χ0n) is 14.1. The van der Waals surface area contributed by atoms with E-state index in [0.29, 0.717) is 11.1 Å². The van der Waals surface area contributed by atoms with Crippen LogP contribution in [0, 0.1) is 0 Å². The van der Waals surface area contributed by atoms with Gasteiger partial charge in [0.05, 0.1) is 17.7 Å². The maximum absolute atomic E-state index is 12.3. The normalized spacial score (nSPS) is 13.0. The van der Waals surface area contributed by atoms with Gasteiger partial charge in [-0.15, -0.1) is 11.3 Å². The molecule has 7 heteroatoms. The van der Waals surface area contributed by atoms with Crippen LogP contribution in [0.4, 0.5) is 0 Å². The molecule has 0 atom stereocenters. The molecule has 2 heterocycles. The molecule has 0 N–H and O–H groups in total. The molecule has 0 fully saturated rings. The zero-order valence-corrected chi connectivity index (χ0v) is 14.9. The van der Waals surface area contributed by atoms with E-state index in [4.69, 9.17) is 4.74 Å². The molecule has 134 valence electrons. The summed E-state index contributed by atoms with van der Waals surface area (Å²) in [6, 6.07) is 16.2. The number of rotatable bonds is 5. The average Bonchev–Trinajstić information content (AvgIpc) is 3.29. The minimum absolute atomic E-state index is 0.00770. The van der Waals surface area contributed by atoms with Crippen molar-refractivity contribution in [2.45, 2.75) is 0 Å². The van der Waals surface area contributed by atoms with E-state index < -0.39 is 5.97 Å². The van der Waals surface area contributed by atoms with Crippen molar-refractivity contribution in [2.75, 3.05) is 13.2 Å². The van der Waals surface area contributed by atoms with Crippen molar-refractivity contribution in [3.8, 4) is 10.6 Å². The number of benzene rings is 2. The van der Waals surface area contributed by atoms with Gasteiger partial charge < -0.3 is 4.74 Å². The van der Waals surface area contributed by atoms with Gasteiger partial charge in [0.15, 0.2) is 5.69 Å². The summed E-state index contributed by atoms with van der Waals surface area (Å²) in [5.74, 6) is -1.32. The van der Waals surface area contributed by atoms with Gasteiger partial charge in [-0.05, 0) is 12.1 Å². The van der Waals surface area contributed by atoms with Crippen molar-refractivity contribution in [2.24, 2.45) is 0 Å². The molecule has 0 radical (unpaired) electrons. The number of ether oxygens (including phenoxy) is 1. The lowest BCUT2D eigenvalue weighted by Gasteiger charge is -2.13. The quantitative estimate of drug-likeness (QED) is 0.503. The molecule has 0 saturated carbocycles. The summed E-state index contributed by atoms with van der Waals surface area (Å²) >= 11 is 1.35. The fourth-order valence-electron chi connectivity index (χ4n) is 2.83. The van der Waals surface area contributed by atoms with Crippen LogP contribution in [0.2, 0.25) is 0 Å². The number of thiazole rings is 1. The third kappa shape index (κ3) is 3.24. The Morgan fingerprint density at radius 3 is 2.26 bits per heavy atom. The van der Waals surface area contributed by atoms with Crippen LogP contribution in [0.3, 0.4) is 0 Å². The monoisotopic (exact) mass is 378 g/mol. The smallest absolute Gasteiger partial charge is 0.357 e. The molecule has 1 aromatic heterocycles. The highest BCUT2D eigenvalue weighted by Crippen LogP contribution is 2.24. The predicted molar refractivity (Wildman–Crippen MR) is 99.6 cm³/mol. The number of hydrogen-bond acceptors (Lipinski definition) is 6. The molecule has 0 aliphatic carbocycles. The fraction of sp³-hybridized carbons (Fsp3) is 0.100. The molecule has 0 bridgehead atoms. The topological polar surface area (TPSA) is 76.6 Å². The fourth-order valence-corrected chi connectivity index (χ4v) is 3.62. The van der Waals surface area contributed by atoms with Crippen molar-refractivity contribution in [1.29, 1.82) is 0 Å². The van der Waals surface area contributed by atoms with Gasteiger partial charge in [0.1, 0.15) is 11.6 Å². The lowest BCUT2D eigenvalue weighted by Crippen LogP contribution is -2.33. The molecule has 0 spiro atoms. The first-order valence-electron chi connectivity index (χ1n) is 8.28. The Balaban J connectivity index is 1.36. The number of imide groups is 1. The number of carbonyl (C=O) groups excluding carboxylic acids is 3.